The van der Waals surface area contributed by atoms with Crippen LogP contribution in [0.15, 0.2) is 12.3 Å². The minimum Gasteiger partial charge on any atom is -0.381 e. The number of hydrogen-bond donors (Lipinski definition) is 1. The maximum absolute atomic E-state index is 8.94. The summed E-state index contributed by atoms with van der Waals surface area (Å²) in [5.74, 6) is 5.83. The molecule has 0 amide bonds. The smallest absolute Gasteiger partial charge is 0.111 e. The number of nitrogens with zero attached hydrogens (tertiary/aromatic N) is 1. The predicted octanol–water partition coefficient (Wildman–Crippen LogP) is 1.73. The Morgan fingerprint density at radius 1 is 1.40 bits per heavy atom. The summed E-state index contributed by atoms with van der Waals surface area (Å²) in [5.41, 5.74) is 1.72. The minimum absolute atomic E-state index is 0. The van der Waals surface area contributed by atoms with Gasteiger partial charge in [0, 0.05) is 32.7 Å². The van der Waals surface area contributed by atoms with E-state index in [4.69, 9.17) is 5.11 Å². The normalized spacial score (nSPS) is 11.3. The van der Waals surface area contributed by atoms with Crippen LogP contribution in [0, 0.1) is 17.9 Å². The first-order chi connectivity index (χ1) is 6.59. The molecule has 0 fully saturated rings. The first-order valence-electron chi connectivity index (χ1n) is 4.67. The van der Waals surface area contributed by atoms with Crippen molar-refractivity contribution in [1.29, 1.82) is 0 Å². The molecule has 1 aromatic rings. The molecule has 0 aliphatic rings. The van der Waals surface area contributed by atoms with E-state index in [-0.39, 0.29) is 32.7 Å². The van der Waals surface area contributed by atoms with Crippen LogP contribution in [0.25, 0.3) is 0 Å². The zero-order chi connectivity index (χ0) is 10.6. The summed E-state index contributed by atoms with van der Waals surface area (Å²) in [7, 11) is 0. The van der Waals surface area contributed by atoms with Crippen molar-refractivity contribution in [1.82, 2.24) is 4.98 Å². The third-order valence-electron chi connectivity index (χ3n) is 1.75. The third kappa shape index (κ3) is 5.42. The van der Waals surface area contributed by atoms with Crippen LogP contribution >= 0.6 is 0 Å². The Bertz CT molecular complexity index is 346. The Balaban J connectivity index is 0.00000196. The molecule has 1 rings (SSSR count). The van der Waals surface area contributed by atoms with Crippen molar-refractivity contribution < 1.29 is 37.8 Å². The van der Waals surface area contributed by atoms with Crippen molar-refractivity contribution in [3.05, 3.63) is 29.6 Å². The van der Waals surface area contributed by atoms with Crippen LogP contribution in [0.3, 0.4) is 0 Å². The Hall–Kier alpha value is -0.226. The molecule has 1 heterocycles. The summed E-state index contributed by atoms with van der Waals surface area (Å²) in [6.07, 6.45) is 1.16. The van der Waals surface area contributed by atoms with Crippen molar-refractivity contribution in [3.63, 3.8) is 0 Å². The van der Waals surface area contributed by atoms with Crippen LogP contribution in [0.5, 0.6) is 0 Å². The maximum atomic E-state index is 8.94. The molecule has 0 saturated heterocycles. The molecule has 2 nitrogen and oxygen atoms in total. The zero-order valence-corrected chi connectivity index (χ0v) is 12.1. The number of aliphatic hydroxyl groups is 1. The Labute approximate surface area is 116 Å². The number of hydrogen-bond acceptors (Lipinski definition) is 2. The molecule has 0 aliphatic carbocycles. The maximum Gasteiger partial charge on any atom is 0.111 e. The summed E-state index contributed by atoms with van der Waals surface area (Å²) < 4.78 is 0. The Kier molecular flexibility index (Phi) is 7.01. The number of aromatic nitrogens is 1. The van der Waals surface area contributed by atoms with Crippen molar-refractivity contribution in [2.75, 3.05) is 0 Å². The summed E-state index contributed by atoms with van der Waals surface area (Å²) in [6.45, 7) is 5.81. The van der Waals surface area contributed by atoms with E-state index in [1.54, 1.807) is 19.2 Å². The fourth-order valence-electron chi connectivity index (χ4n) is 0.928. The third-order valence-corrected chi connectivity index (χ3v) is 1.75. The largest absolute Gasteiger partial charge is 0.381 e. The average Bonchev–Trinajstić information content (AvgIpc) is 2.15. The average molecular weight is 277 g/mol. The van der Waals surface area contributed by atoms with E-state index in [9.17, 15) is 0 Å². The van der Waals surface area contributed by atoms with Gasteiger partial charge in [-0.25, -0.2) is 0 Å². The molecule has 0 bridgehead atoms. The van der Waals surface area contributed by atoms with Crippen LogP contribution in [-0.2, 0) is 32.7 Å². The molecule has 77 valence electrons. The second-order valence-corrected chi connectivity index (χ2v) is 3.49. The molecule has 1 unspecified atom stereocenters. The molecule has 3 heteroatoms. The van der Waals surface area contributed by atoms with Gasteiger partial charge in [0.25, 0.3) is 0 Å². The topological polar surface area (TPSA) is 33.1 Å². The first-order valence-corrected chi connectivity index (χ1v) is 4.67. The number of rotatable bonds is 1. The van der Waals surface area contributed by atoms with Crippen molar-refractivity contribution in [2.24, 2.45) is 0 Å². The van der Waals surface area contributed by atoms with Crippen LogP contribution < -0.4 is 0 Å². The van der Waals surface area contributed by atoms with Gasteiger partial charge in [0.15, 0.2) is 0 Å². The molecule has 15 heavy (non-hydrogen) atoms. The van der Waals surface area contributed by atoms with E-state index in [0.29, 0.717) is 11.6 Å². The fourth-order valence-corrected chi connectivity index (χ4v) is 0.928. The van der Waals surface area contributed by atoms with E-state index < -0.39 is 6.10 Å². The van der Waals surface area contributed by atoms with Crippen LogP contribution in [0.1, 0.15) is 37.9 Å². The standard InChI is InChI=1S/C12H14NO.Y/c1-9(2)11-5-7-12(13-8-11)6-4-10(3)14;/h7-10,14H,1-3H3;/q-1;. The van der Waals surface area contributed by atoms with E-state index in [1.807, 2.05) is 0 Å². The second kappa shape index (κ2) is 7.11. The van der Waals surface area contributed by atoms with Gasteiger partial charge in [0.2, 0.25) is 0 Å². The molecular formula is C12H14NOY-. The molecule has 0 spiro atoms. The summed E-state index contributed by atoms with van der Waals surface area (Å²) in [5, 5.41) is 8.94. The van der Waals surface area contributed by atoms with Crippen LogP contribution in [-0.4, -0.2) is 16.2 Å². The Morgan fingerprint density at radius 2 is 2.07 bits per heavy atom. The van der Waals surface area contributed by atoms with E-state index in [1.165, 1.54) is 0 Å². The van der Waals surface area contributed by atoms with E-state index >= 15 is 0 Å². The van der Waals surface area contributed by atoms with Crippen molar-refractivity contribution in [2.45, 2.75) is 32.8 Å². The SMILES string of the molecule is CC(O)C#Cc1c[c-]c(C(C)C)cn1.[Y]. The van der Waals surface area contributed by atoms with E-state index in [0.717, 1.165) is 5.56 Å². The summed E-state index contributed by atoms with van der Waals surface area (Å²) in [6, 6.07) is 4.87. The predicted molar refractivity (Wildman–Crippen MR) is 55.7 cm³/mol. The van der Waals surface area contributed by atoms with Gasteiger partial charge >= 0.3 is 0 Å². The van der Waals surface area contributed by atoms with Gasteiger partial charge in [-0.1, -0.05) is 26.0 Å². The minimum atomic E-state index is -0.610. The van der Waals surface area contributed by atoms with Gasteiger partial charge in [0.05, 0.1) is 0 Å². The quantitative estimate of drug-likeness (QED) is 0.626. The fraction of sp³-hybridized carbons (Fsp3) is 0.417. The van der Waals surface area contributed by atoms with Crippen molar-refractivity contribution in [3.8, 4) is 11.8 Å². The summed E-state index contributed by atoms with van der Waals surface area (Å²) >= 11 is 0. The molecule has 1 N–H and O–H groups in total. The zero-order valence-electron chi connectivity index (χ0n) is 9.28. The first kappa shape index (κ1) is 14.8. The van der Waals surface area contributed by atoms with Gasteiger partial charge in [0.1, 0.15) is 6.10 Å². The molecule has 0 aliphatic heterocycles. The van der Waals surface area contributed by atoms with E-state index in [2.05, 4.69) is 36.7 Å². The van der Waals surface area contributed by atoms with Gasteiger partial charge in [-0.15, -0.1) is 17.6 Å². The molecule has 0 saturated carbocycles. The van der Waals surface area contributed by atoms with Crippen LogP contribution in [0.2, 0.25) is 0 Å². The van der Waals surface area contributed by atoms with Gasteiger partial charge < -0.3 is 10.1 Å². The second-order valence-electron chi connectivity index (χ2n) is 3.49. The molecule has 1 radical (unpaired) electrons. The molecule has 0 aromatic carbocycles. The Morgan fingerprint density at radius 3 is 2.47 bits per heavy atom. The molecule has 1 aromatic heterocycles. The van der Waals surface area contributed by atoms with Crippen molar-refractivity contribution >= 4 is 0 Å². The molecule has 1 atom stereocenters. The van der Waals surface area contributed by atoms with Gasteiger partial charge in [-0.05, 0) is 18.5 Å². The number of pyridine rings is 1. The summed E-state index contributed by atoms with van der Waals surface area (Å²) in [4.78, 5) is 4.16. The molecular weight excluding hydrogens is 263 g/mol. The monoisotopic (exact) mass is 277 g/mol. The number of aliphatic hydroxyl groups excluding tert-OH is 1. The van der Waals surface area contributed by atoms with Gasteiger partial charge in [-0.2, -0.15) is 6.07 Å². The van der Waals surface area contributed by atoms with Crippen LogP contribution in [0.4, 0.5) is 0 Å². The van der Waals surface area contributed by atoms with Gasteiger partial charge in [-0.3, -0.25) is 0 Å².